The number of nitrogens with one attached hydrogen (secondary N) is 1. The SMILES string of the molecule is CN1CCCC(CNc2nc3ccc(C(=O)O)cc3o2)C1. The Kier molecular flexibility index (Phi) is 3.79. The molecule has 0 amide bonds. The summed E-state index contributed by atoms with van der Waals surface area (Å²) >= 11 is 0. The van der Waals surface area contributed by atoms with E-state index in [9.17, 15) is 4.79 Å². The van der Waals surface area contributed by atoms with Gasteiger partial charge in [-0.15, -0.1) is 0 Å². The van der Waals surface area contributed by atoms with Crippen LogP contribution in [0.5, 0.6) is 0 Å². The van der Waals surface area contributed by atoms with Crippen LogP contribution in [0.2, 0.25) is 0 Å². The molecule has 0 spiro atoms. The molecule has 0 radical (unpaired) electrons. The minimum Gasteiger partial charge on any atom is -0.478 e. The number of piperidine rings is 1. The summed E-state index contributed by atoms with van der Waals surface area (Å²) < 4.78 is 5.58. The first kappa shape index (κ1) is 13.9. The molecule has 6 nitrogen and oxygen atoms in total. The number of rotatable bonds is 4. The van der Waals surface area contributed by atoms with E-state index >= 15 is 0 Å². The number of aromatic carboxylic acids is 1. The number of hydrogen-bond acceptors (Lipinski definition) is 5. The van der Waals surface area contributed by atoms with Crippen LogP contribution >= 0.6 is 0 Å². The molecule has 0 bridgehead atoms. The number of benzene rings is 1. The van der Waals surface area contributed by atoms with Crippen LogP contribution in [-0.2, 0) is 0 Å². The smallest absolute Gasteiger partial charge is 0.335 e. The van der Waals surface area contributed by atoms with Gasteiger partial charge in [0, 0.05) is 13.1 Å². The van der Waals surface area contributed by atoms with Crippen molar-refractivity contribution in [1.29, 1.82) is 0 Å². The van der Waals surface area contributed by atoms with Crippen molar-refractivity contribution in [3.63, 3.8) is 0 Å². The average Bonchev–Trinajstić information content (AvgIpc) is 2.87. The molecule has 2 N–H and O–H groups in total. The van der Waals surface area contributed by atoms with E-state index in [4.69, 9.17) is 9.52 Å². The zero-order valence-electron chi connectivity index (χ0n) is 12.0. The van der Waals surface area contributed by atoms with Crippen LogP contribution in [0, 0.1) is 5.92 Å². The van der Waals surface area contributed by atoms with E-state index in [1.807, 2.05) is 0 Å². The minimum atomic E-state index is -0.965. The van der Waals surface area contributed by atoms with Crippen molar-refractivity contribution in [2.45, 2.75) is 12.8 Å². The van der Waals surface area contributed by atoms with Gasteiger partial charge in [-0.1, -0.05) is 0 Å². The van der Waals surface area contributed by atoms with Gasteiger partial charge in [-0.05, 0) is 50.6 Å². The Morgan fingerprint density at radius 3 is 3.19 bits per heavy atom. The number of likely N-dealkylation sites (tertiary alicyclic amines) is 1. The van der Waals surface area contributed by atoms with Gasteiger partial charge in [0.15, 0.2) is 5.58 Å². The molecule has 2 heterocycles. The van der Waals surface area contributed by atoms with Gasteiger partial charge in [-0.25, -0.2) is 4.79 Å². The van der Waals surface area contributed by atoms with Crippen LogP contribution < -0.4 is 5.32 Å². The summed E-state index contributed by atoms with van der Waals surface area (Å²) in [5.74, 6) is -0.374. The lowest BCUT2D eigenvalue weighted by atomic mass is 9.99. The fraction of sp³-hybridized carbons (Fsp3) is 0.467. The van der Waals surface area contributed by atoms with Crippen molar-refractivity contribution < 1.29 is 14.3 Å². The van der Waals surface area contributed by atoms with Gasteiger partial charge in [-0.3, -0.25) is 0 Å². The molecule has 0 aliphatic carbocycles. The maximum atomic E-state index is 10.9. The van der Waals surface area contributed by atoms with Gasteiger partial charge < -0.3 is 19.7 Å². The number of carboxylic acid groups (broad SMARTS) is 1. The van der Waals surface area contributed by atoms with Gasteiger partial charge in [0.05, 0.1) is 5.56 Å². The van der Waals surface area contributed by atoms with E-state index in [0.29, 0.717) is 23.0 Å². The summed E-state index contributed by atoms with van der Waals surface area (Å²) in [4.78, 5) is 17.6. The molecule has 1 saturated heterocycles. The number of carbonyl (C=O) groups is 1. The Morgan fingerprint density at radius 1 is 1.57 bits per heavy atom. The minimum absolute atomic E-state index is 0.208. The summed E-state index contributed by atoms with van der Waals surface area (Å²) in [5.41, 5.74) is 1.38. The molecule has 1 unspecified atom stereocenters. The molecular weight excluding hydrogens is 270 g/mol. The number of carboxylic acids is 1. The van der Waals surface area contributed by atoms with E-state index in [1.165, 1.54) is 25.0 Å². The monoisotopic (exact) mass is 289 g/mol. The molecule has 6 heteroatoms. The first-order valence-electron chi connectivity index (χ1n) is 7.18. The first-order chi connectivity index (χ1) is 10.1. The molecule has 1 atom stereocenters. The van der Waals surface area contributed by atoms with E-state index in [0.717, 1.165) is 19.6 Å². The van der Waals surface area contributed by atoms with Crippen LogP contribution in [0.25, 0.3) is 11.1 Å². The van der Waals surface area contributed by atoms with Gasteiger partial charge in [0.2, 0.25) is 0 Å². The van der Waals surface area contributed by atoms with Crippen molar-refractivity contribution >= 4 is 23.1 Å². The third-order valence-electron chi connectivity index (χ3n) is 3.90. The Morgan fingerprint density at radius 2 is 2.43 bits per heavy atom. The summed E-state index contributed by atoms with van der Waals surface area (Å²) in [6.07, 6.45) is 2.43. The van der Waals surface area contributed by atoms with Crippen LogP contribution in [0.15, 0.2) is 22.6 Å². The highest BCUT2D eigenvalue weighted by molar-refractivity contribution is 5.92. The third-order valence-corrected chi connectivity index (χ3v) is 3.90. The number of aromatic nitrogens is 1. The summed E-state index contributed by atoms with van der Waals surface area (Å²) in [6.45, 7) is 3.07. The number of hydrogen-bond donors (Lipinski definition) is 2. The molecular formula is C15H19N3O3. The lowest BCUT2D eigenvalue weighted by molar-refractivity contribution is 0.0697. The zero-order chi connectivity index (χ0) is 14.8. The van der Waals surface area contributed by atoms with Crippen LogP contribution in [0.3, 0.4) is 0 Å². The molecule has 1 aliphatic heterocycles. The molecule has 2 aromatic rings. The maximum Gasteiger partial charge on any atom is 0.335 e. The molecule has 1 aliphatic rings. The van der Waals surface area contributed by atoms with Crippen LogP contribution in [0.1, 0.15) is 23.2 Å². The standard InChI is InChI=1S/C15H19N3O3/c1-18-6-2-3-10(9-18)8-16-15-17-12-5-4-11(14(19)20)7-13(12)21-15/h4-5,7,10H,2-3,6,8-9H2,1H3,(H,16,17)(H,19,20). The third kappa shape index (κ3) is 3.16. The van der Waals surface area contributed by atoms with Gasteiger partial charge in [-0.2, -0.15) is 4.98 Å². The van der Waals surface area contributed by atoms with Crippen molar-refractivity contribution in [2.24, 2.45) is 5.92 Å². The predicted octanol–water partition coefficient (Wildman–Crippen LogP) is 2.28. The highest BCUT2D eigenvalue weighted by Gasteiger charge is 2.17. The molecule has 112 valence electrons. The first-order valence-corrected chi connectivity index (χ1v) is 7.18. The number of nitrogens with zero attached hydrogens (tertiary/aromatic N) is 2. The number of oxazole rings is 1. The molecule has 3 rings (SSSR count). The second-order valence-electron chi connectivity index (χ2n) is 5.66. The van der Waals surface area contributed by atoms with Crippen molar-refractivity contribution in [2.75, 3.05) is 32.0 Å². The van der Waals surface area contributed by atoms with Crippen LogP contribution in [0.4, 0.5) is 6.01 Å². The largest absolute Gasteiger partial charge is 0.478 e. The van der Waals surface area contributed by atoms with Crippen LogP contribution in [-0.4, -0.2) is 47.6 Å². The van der Waals surface area contributed by atoms with Crippen molar-refractivity contribution in [1.82, 2.24) is 9.88 Å². The molecule has 1 aromatic heterocycles. The van der Waals surface area contributed by atoms with E-state index < -0.39 is 5.97 Å². The summed E-state index contributed by atoms with van der Waals surface area (Å²) in [5, 5.41) is 12.2. The fourth-order valence-corrected chi connectivity index (χ4v) is 2.80. The Labute approximate surface area is 122 Å². The number of fused-ring (bicyclic) bond motifs is 1. The highest BCUT2D eigenvalue weighted by Crippen LogP contribution is 2.21. The topological polar surface area (TPSA) is 78.6 Å². The summed E-state index contributed by atoms with van der Waals surface area (Å²) in [7, 11) is 2.14. The van der Waals surface area contributed by atoms with Gasteiger partial charge in [0.1, 0.15) is 5.52 Å². The molecule has 21 heavy (non-hydrogen) atoms. The lowest BCUT2D eigenvalue weighted by Gasteiger charge is -2.29. The van der Waals surface area contributed by atoms with E-state index in [-0.39, 0.29) is 5.56 Å². The Balaban J connectivity index is 1.68. The van der Waals surface area contributed by atoms with Gasteiger partial charge >= 0.3 is 5.97 Å². The zero-order valence-corrected chi connectivity index (χ0v) is 12.0. The second-order valence-corrected chi connectivity index (χ2v) is 5.66. The average molecular weight is 289 g/mol. The Hall–Kier alpha value is -2.08. The molecule has 0 saturated carbocycles. The van der Waals surface area contributed by atoms with Crippen molar-refractivity contribution in [3.05, 3.63) is 23.8 Å². The lowest BCUT2D eigenvalue weighted by Crippen LogP contribution is -2.35. The predicted molar refractivity (Wildman–Crippen MR) is 79.7 cm³/mol. The molecule has 1 fully saturated rings. The highest BCUT2D eigenvalue weighted by atomic mass is 16.4. The van der Waals surface area contributed by atoms with E-state index in [1.54, 1.807) is 6.07 Å². The second kappa shape index (κ2) is 5.73. The Bertz CT molecular complexity index is 653. The quantitative estimate of drug-likeness (QED) is 0.899. The molecule has 1 aromatic carbocycles. The van der Waals surface area contributed by atoms with E-state index in [2.05, 4.69) is 22.2 Å². The van der Waals surface area contributed by atoms with Crippen molar-refractivity contribution in [3.8, 4) is 0 Å². The van der Waals surface area contributed by atoms with Gasteiger partial charge in [0.25, 0.3) is 6.01 Å². The normalized spacial score (nSPS) is 19.8. The summed E-state index contributed by atoms with van der Waals surface area (Å²) in [6, 6.07) is 5.17. The number of anilines is 1. The fourth-order valence-electron chi connectivity index (χ4n) is 2.80. The maximum absolute atomic E-state index is 10.9.